The highest BCUT2D eigenvalue weighted by Gasteiger charge is 1.99. The van der Waals surface area contributed by atoms with Crippen molar-refractivity contribution in [3.05, 3.63) is 94.0 Å². The average molecular weight is 350 g/mol. The number of hydrogen-bond acceptors (Lipinski definition) is 2. The van der Waals surface area contributed by atoms with Gasteiger partial charge in [-0.15, -0.1) is 0 Å². The van der Waals surface area contributed by atoms with Crippen LogP contribution in [0.15, 0.2) is 71.7 Å². The fourth-order valence-electron chi connectivity index (χ4n) is 2.48. The highest BCUT2D eigenvalue weighted by atomic mass is 35.5. The summed E-state index contributed by atoms with van der Waals surface area (Å²) in [7, 11) is 0. The maximum atomic E-state index is 6.00. The Morgan fingerprint density at radius 2 is 1.80 bits per heavy atom. The van der Waals surface area contributed by atoms with Crippen molar-refractivity contribution in [1.82, 2.24) is 0 Å². The maximum Gasteiger partial charge on any atom is 0.120 e. The minimum Gasteiger partial charge on any atom is -0.489 e. The van der Waals surface area contributed by atoms with Gasteiger partial charge in [0, 0.05) is 11.2 Å². The van der Waals surface area contributed by atoms with E-state index in [9.17, 15) is 0 Å². The van der Waals surface area contributed by atoms with Gasteiger partial charge in [0.25, 0.3) is 0 Å². The Hall–Kier alpha value is -2.58. The normalized spacial score (nSPS) is 11.0. The third kappa shape index (κ3) is 4.94. The molecule has 0 aliphatic carbocycles. The molecule has 0 fully saturated rings. The molecule has 0 bridgehead atoms. The first-order chi connectivity index (χ1) is 12.1. The van der Waals surface area contributed by atoms with Crippen molar-refractivity contribution in [2.75, 3.05) is 0 Å². The average Bonchev–Trinajstić information content (AvgIpc) is 2.61. The Balaban J connectivity index is 1.71. The van der Waals surface area contributed by atoms with Gasteiger partial charge < -0.3 is 4.74 Å². The van der Waals surface area contributed by atoms with Crippen LogP contribution in [0.4, 0.5) is 5.69 Å². The highest BCUT2D eigenvalue weighted by molar-refractivity contribution is 6.30. The zero-order chi connectivity index (χ0) is 17.6. The van der Waals surface area contributed by atoms with Gasteiger partial charge in [-0.25, -0.2) is 0 Å². The fraction of sp³-hybridized carbons (Fsp3) is 0.136. The molecule has 0 saturated carbocycles. The quantitative estimate of drug-likeness (QED) is 0.496. The Morgan fingerprint density at radius 1 is 0.960 bits per heavy atom. The van der Waals surface area contributed by atoms with E-state index >= 15 is 0 Å². The topological polar surface area (TPSA) is 21.6 Å². The number of hydrogen-bond donors (Lipinski definition) is 0. The first kappa shape index (κ1) is 17.2. The van der Waals surface area contributed by atoms with Crippen molar-refractivity contribution in [1.29, 1.82) is 0 Å². The van der Waals surface area contributed by atoms with E-state index in [1.54, 1.807) is 0 Å². The molecule has 0 unspecified atom stereocenters. The van der Waals surface area contributed by atoms with Crippen molar-refractivity contribution in [3.8, 4) is 5.75 Å². The van der Waals surface area contributed by atoms with E-state index in [-0.39, 0.29) is 0 Å². The van der Waals surface area contributed by atoms with Crippen molar-refractivity contribution in [3.63, 3.8) is 0 Å². The van der Waals surface area contributed by atoms with Gasteiger partial charge in [-0.2, -0.15) is 0 Å². The molecular formula is C22H20ClNO. The molecule has 0 aliphatic rings. The van der Waals surface area contributed by atoms with Crippen LogP contribution in [0.25, 0.3) is 0 Å². The number of aliphatic imine (C=N–C) groups is 1. The number of benzene rings is 3. The van der Waals surface area contributed by atoms with Crippen LogP contribution in [0.3, 0.4) is 0 Å². The highest BCUT2D eigenvalue weighted by Crippen LogP contribution is 2.21. The van der Waals surface area contributed by atoms with E-state index < -0.39 is 0 Å². The van der Waals surface area contributed by atoms with Gasteiger partial charge >= 0.3 is 0 Å². The monoisotopic (exact) mass is 349 g/mol. The van der Waals surface area contributed by atoms with Gasteiger partial charge in [0.1, 0.15) is 12.4 Å². The lowest BCUT2D eigenvalue weighted by atomic mass is 10.1. The van der Waals surface area contributed by atoms with Gasteiger partial charge in [-0.05, 0) is 66.4 Å². The fourth-order valence-corrected chi connectivity index (χ4v) is 2.69. The zero-order valence-electron chi connectivity index (χ0n) is 14.4. The summed E-state index contributed by atoms with van der Waals surface area (Å²) in [4.78, 5) is 4.61. The van der Waals surface area contributed by atoms with Crippen LogP contribution < -0.4 is 4.74 Å². The van der Waals surface area contributed by atoms with Gasteiger partial charge in [0.2, 0.25) is 0 Å². The molecule has 0 N–H and O–H groups in total. The lowest BCUT2D eigenvalue weighted by Gasteiger charge is -2.07. The summed E-state index contributed by atoms with van der Waals surface area (Å²) in [6, 6.07) is 21.9. The van der Waals surface area contributed by atoms with Gasteiger partial charge in [0.05, 0.1) is 5.69 Å². The second-order valence-electron chi connectivity index (χ2n) is 6.04. The molecule has 3 aromatic carbocycles. The van der Waals surface area contributed by atoms with Crippen LogP contribution in [0.2, 0.25) is 5.02 Å². The van der Waals surface area contributed by atoms with Crippen molar-refractivity contribution < 1.29 is 4.74 Å². The molecule has 0 amide bonds. The molecule has 0 atom stereocenters. The summed E-state index contributed by atoms with van der Waals surface area (Å²) in [5.74, 6) is 0.810. The third-order valence-corrected chi connectivity index (χ3v) is 4.11. The molecule has 25 heavy (non-hydrogen) atoms. The van der Waals surface area contributed by atoms with Crippen molar-refractivity contribution in [2.24, 2.45) is 4.99 Å². The Morgan fingerprint density at radius 3 is 2.64 bits per heavy atom. The SMILES string of the molecule is Cc1ccc(C)c(N=Cc2cccc(OCc3cccc(Cl)c3)c2)c1. The van der Waals surface area contributed by atoms with Crippen LogP contribution in [0.5, 0.6) is 5.75 Å². The molecule has 0 spiro atoms. The number of nitrogens with zero attached hydrogens (tertiary/aromatic N) is 1. The summed E-state index contributed by atoms with van der Waals surface area (Å²) < 4.78 is 5.86. The van der Waals surface area contributed by atoms with E-state index in [0.717, 1.165) is 33.1 Å². The van der Waals surface area contributed by atoms with E-state index in [1.165, 1.54) is 5.56 Å². The van der Waals surface area contributed by atoms with E-state index in [1.807, 2.05) is 54.7 Å². The molecule has 0 radical (unpaired) electrons. The lowest BCUT2D eigenvalue weighted by molar-refractivity contribution is 0.306. The molecule has 0 heterocycles. The van der Waals surface area contributed by atoms with Crippen LogP contribution >= 0.6 is 11.6 Å². The predicted octanol–water partition coefficient (Wildman–Crippen LogP) is 6.29. The maximum absolute atomic E-state index is 6.00. The number of rotatable bonds is 5. The molecule has 3 heteroatoms. The first-order valence-corrected chi connectivity index (χ1v) is 8.56. The van der Waals surface area contributed by atoms with Crippen LogP contribution in [0.1, 0.15) is 22.3 Å². The minimum atomic E-state index is 0.484. The van der Waals surface area contributed by atoms with Crippen LogP contribution in [-0.2, 0) is 6.61 Å². The molecule has 126 valence electrons. The predicted molar refractivity (Wildman–Crippen MR) is 105 cm³/mol. The second kappa shape index (κ2) is 8.00. The van der Waals surface area contributed by atoms with E-state index in [2.05, 4.69) is 37.0 Å². The van der Waals surface area contributed by atoms with Gasteiger partial charge in [0.15, 0.2) is 0 Å². The number of ether oxygens (including phenoxy) is 1. The molecule has 2 nitrogen and oxygen atoms in total. The summed E-state index contributed by atoms with van der Waals surface area (Å²) in [5, 5.41) is 0.718. The molecule has 0 aromatic heterocycles. The zero-order valence-corrected chi connectivity index (χ0v) is 15.1. The molecule has 0 aliphatic heterocycles. The third-order valence-electron chi connectivity index (χ3n) is 3.87. The van der Waals surface area contributed by atoms with Crippen LogP contribution in [0, 0.1) is 13.8 Å². The van der Waals surface area contributed by atoms with Crippen molar-refractivity contribution in [2.45, 2.75) is 20.5 Å². The largest absolute Gasteiger partial charge is 0.489 e. The Kier molecular flexibility index (Phi) is 5.52. The van der Waals surface area contributed by atoms with Crippen molar-refractivity contribution >= 4 is 23.5 Å². The second-order valence-corrected chi connectivity index (χ2v) is 6.48. The molecule has 0 saturated heterocycles. The van der Waals surface area contributed by atoms with Gasteiger partial charge in [-0.1, -0.05) is 48.0 Å². The number of aryl methyl sites for hydroxylation is 2. The number of halogens is 1. The van der Waals surface area contributed by atoms with E-state index in [0.29, 0.717) is 6.61 Å². The summed E-state index contributed by atoms with van der Waals surface area (Å²) >= 11 is 6.00. The molecule has 3 aromatic rings. The Labute approximate surface area is 153 Å². The van der Waals surface area contributed by atoms with E-state index in [4.69, 9.17) is 16.3 Å². The molecule has 3 rings (SSSR count). The smallest absolute Gasteiger partial charge is 0.120 e. The Bertz CT molecular complexity index is 902. The van der Waals surface area contributed by atoms with Gasteiger partial charge in [-0.3, -0.25) is 4.99 Å². The molecular weight excluding hydrogens is 330 g/mol. The summed E-state index contributed by atoms with van der Waals surface area (Å²) in [6.07, 6.45) is 1.87. The summed E-state index contributed by atoms with van der Waals surface area (Å²) in [6.45, 7) is 4.62. The van der Waals surface area contributed by atoms with Crippen LogP contribution in [-0.4, -0.2) is 6.21 Å². The summed E-state index contributed by atoms with van der Waals surface area (Å²) in [5.41, 5.74) is 5.41. The minimum absolute atomic E-state index is 0.484. The standard InChI is InChI=1S/C22H20ClNO/c1-16-9-10-17(2)22(11-16)24-14-18-5-4-8-21(13-18)25-15-19-6-3-7-20(23)12-19/h3-14H,15H2,1-2H3. The first-order valence-electron chi connectivity index (χ1n) is 8.19. The lowest BCUT2D eigenvalue weighted by Crippen LogP contribution is -1.95.